The first-order valence-electron chi connectivity index (χ1n) is 7.97. The molecule has 0 atom stereocenters. The summed E-state index contributed by atoms with van der Waals surface area (Å²) in [5, 5.41) is 12.2. The van der Waals surface area contributed by atoms with Crippen molar-refractivity contribution in [2.24, 2.45) is 11.8 Å². The maximum atomic E-state index is 11.8. The van der Waals surface area contributed by atoms with Crippen LogP contribution in [0.25, 0.3) is 0 Å². The molecule has 1 saturated carbocycles. The smallest absolute Gasteiger partial charge is 0.227 e. The molecule has 1 amide bonds. The molecule has 4 nitrogen and oxygen atoms in total. The van der Waals surface area contributed by atoms with Crippen LogP contribution in [0.4, 0.5) is 5.69 Å². The average Bonchev–Trinajstić information content (AvgIpc) is 3.33. The van der Waals surface area contributed by atoms with E-state index in [2.05, 4.69) is 22.3 Å². The molecule has 1 saturated heterocycles. The van der Waals surface area contributed by atoms with E-state index in [0.717, 1.165) is 51.0 Å². The monoisotopic (exact) mass is 288 g/mol. The third-order valence-electron chi connectivity index (χ3n) is 4.51. The summed E-state index contributed by atoms with van der Waals surface area (Å²) in [6.07, 6.45) is 4.22. The van der Waals surface area contributed by atoms with Gasteiger partial charge in [0.05, 0.1) is 0 Å². The number of carbonyl (C=O) groups is 1. The maximum absolute atomic E-state index is 11.8. The van der Waals surface area contributed by atoms with Gasteiger partial charge in [-0.15, -0.1) is 0 Å². The molecular weight excluding hydrogens is 264 g/mol. The zero-order valence-electron chi connectivity index (χ0n) is 12.4. The van der Waals surface area contributed by atoms with E-state index < -0.39 is 0 Å². The van der Waals surface area contributed by atoms with Gasteiger partial charge in [-0.05, 0) is 62.4 Å². The number of nitrogens with one attached hydrogen (secondary N) is 1. The Balaban J connectivity index is 1.54. The largest absolute Gasteiger partial charge is 0.396 e. The number of amides is 1. The molecule has 2 aliphatic rings. The highest BCUT2D eigenvalue weighted by molar-refractivity contribution is 5.94. The number of hydrogen-bond donors (Lipinski definition) is 2. The predicted molar refractivity (Wildman–Crippen MR) is 82.9 cm³/mol. The average molecular weight is 288 g/mol. The Morgan fingerprint density at radius 1 is 1.24 bits per heavy atom. The first kappa shape index (κ1) is 14.5. The van der Waals surface area contributed by atoms with E-state index in [1.165, 1.54) is 5.56 Å². The van der Waals surface area contributed by atoms with Gasteiger partial charge in [-0.1, -0.05) is 12.1 Å². The molecule has 21 heavy (non-hydrogen) atoms. The molecule has 0 spiro atoms. The van der Waals surface area contributed by atoms with Crippen molar-refractivity contribution in [2.45, 2.75) is 32.2 Å². The van der Waals surface area contributed by atoms with E-state index in [0.29, 0.717) is 12.5 Å². The standard InChI is InChI=1S/C17H24N2O2/c20-12-13-6-8-19(9-7-13)11-14-2-1-3-16(10-14)18-17(21)15-4-5-15/h1-3,10,13,15,20H,4-9,11-12H2,(H,18,21). The first-order chi connectivity index (χ1) is 10.2. The van der Waals surface area contributed by atoms with Gasteiger partial charge in [0.2, 0.25) is 5.91 Å². The van der Waals surface area contributed by atoms with Crippen molar-refractivity contribution in [3.63, 3.8) is 0 Å². The van der Waals surface area contributed by atoms with Gasteiger partial charge >= 0.3 is 0 Å². The van der Waals surface area contributed by atoms with Crippen LogP contribution in [-0.4, -0.2) is 35.6 Å². The van der Waals surface area contributed by atoms with E-state index in [9.17, 15) is 9.90 Å². The number of aliphatic hydroxyl groups excluding tert-OH is 1. The lowest BCUT2D eigenvalue weighted by Crippen LogP contribution is -2.34. The normalized spacial score (nSPS) is 20.4. The van der Waals surface area contributed by atoms with Crippen LogP contribution in [0.3, 0.4) is 0 Å². The van der Waals surface area contributed by atoms with Crippen LogP contribution < -0.4 is 5.32 Å². The van der Waals surface area contributed by atoms with Crippen molar-refractivity contribution in [2.75, 3.05) is 25.0 Å². The van der Waals surface area contributed by atoms with Gasteiger partial charge in [0.25, 0.3) is 0 Å². The Hall–Kier alpha value is -1.39. The molecule has 0 radical (unpaired) electrons. The first-order valence-corrected chi connectivity index (χ1v) is 7.97. The molecule has 2 N–H and O–H groups in total. The summed E-state index contributed by atoms with van der Waals surface area (Å²) >= 11 is 0. The van der Waals surface area contributed by atoms with E-state index >= 15 is 0 Å². The Morgan fingerprint density at radius 3 is 2.67 bits per heavy atom. The zero-order chi connectivity index (χ0) is 14.7. The summed E-state index contributed by atoms with van der Waals surface area (Å²) < 4.78 is 0. The van der Waals surface area contributed by atoms with E-state index in [4.69, 9.17) is 0 Å². The Kier molecular flexibility index (Phi) is 4.56. The molecule has 1 heterocycles. The van der Waals surface area contributed by atoms with Crippen LogP contribution in [0.1, 0.15) is 31.2 Å². The van der Waals surface area contributed by atoms with Gasteiger partial charge in [0, 0.05) is 24.8 Å². The lowest BCUT2D eigenvalue weighted by Gasteiger charge is -2.31. The van der Waals surface area contributed by atoms with Gasteiger partial charge in [0.15, 0.2) is 0 Å². The third kappa shape index (κ3) is 4.05. The summed E-state index contributed by atoms with van der Waals surface area (Å²) in [7, 11) is 0. The van der Waals surface area contributed by atoms with Crippen molar-refractivity contribution < 1.29 is 9.90 Å². The van der Waals surface area contributed by atoms with Gasteiger partial charge in [0.1, 0.15) is 0 Å². The van der Waals surface area contributed by atoms with Gasteiger partial charge in [-0.25, -0.2) is 0 Å². The molecular formula is C17H24N2O2. The maximum Gasteiger partial charge on any atom is 0.227 e. The van der Waals surface area contributed by atoms with Gasteiger partial charge in [-0.3, -0.25) is 9.69 Å². The van der Waals surface area contributed by atoms with Crippen LogP contribution in [-0.2, 0) is 11.3 Å². The van der Waals surface area contributed by atoms with Crippen molar-refractivity contribution in [3.05, 3.63) is 29.8 Å². The number of aliphatic hydroxyl groups is 1. The van der Waals surface area contributed by atoms with E-state index in [1.807, 2.05) is 12.1 Å². The summed E-state index contributed by atoms with van der Waals surface area (Å²) in [6.45, 7) is 3.33. The quantitative estimate of drug-likeness (QED) is 0.873. The van der Waals surface area contributed by atoms with E-state index in [1.54, 1.807) is 0 Å². The summed E-state index contributed by atoms with van der Waals surface area (Å²) in [5.41, 5.74) is 2.15. The molecule has 0 aromatic heterocycles. The van der Waals surface area contributed by atoms with Crippen molar-refractivity contribution in [3.8, 4) is 0 Å². The zero-order valence-corrected chi connectivity index (χ0v) is 12.4. The summed E-state index contributed by atoms with van der Waals surface area (Å²) in [4.78, 5) is 14.2. The molecule has 0 bridgehead atoms. The number of nitrogens with zero attached hydrogens (tertiary/aromatic N) is 1. The minimum atomic E-state index is 0.163. The van der Waals surface area contributed by atoms with Crippen LogP contribution >= 0.6 is 0 Å². The van der Waals surface area contributed by atoms with Gasteiger partial charge in [-0.2, -0.15) is 0 Å². The SMILES string of the molecule is O=C(Nc1cccc(CN2CCC(CO)CC2)c1)C1CC1. The molecule has 114 valence electrons. The van der Waals surface area contributed by atoms with Crippen molar-refractivity contribution in [1.29, 1.82) is 0 Å². The second-order valence-corrected chi connectivity index (χ2v) is 6.37. The van der Waals surface area contributed by atoms with E-state index in [-0.39, 0.29) is 11.8 Å². The van der Waals surface area contributed by atoms with Crippen LogP contribution in [0, 0.1) is 11.8 Å². The number of rotatable bonds is 5. The topological polar surface area (TPSA) is 52.6 Å². The lowest BCUT2D eigenvalue weighted by atomic mass is 9.97. The molecule has 4 heteroatoms. The fourth-order valence-electron chi connectivity index (χ4n) is 2.92. The minimum Gasteiger partial charge on any atom is -0.396 e. The molecule has 1 aromatic rings. The van der Waals surface area contributed by atoms with Crippen molar-refractivity contribution in [1.82, 2.24) is 4.90 Å². The molecule has 1 aliphatic carbocycles. The number of hydrogen-bond acceptors (Lipinski definition) is 3. The minimum absolute atomic E-state index is 0.163. The Morgan fingerprint density at radius 2 is 2.00 bits per heavy atom. The third-order valence-corrected chi connectivity index (χ3v) is 4.51. The highest BCUT2D eigenvalue weighted by Gasteiger charge is 2.29. The highest BCUT2D eigenvalue weighted by Crippen LogP contribution is 2.30. The number of carbonyl (C=O) groups excluding carboxylic acids is 1. The number of anilines is 1. The Bertz CT molecular complexity index is 491. The second-order valence-electron chi connectivity index (χ2n) is 6.37. The van der Waals surface area contributed by atoms with Crippen LogP contribution in [0.15, 0.2) is 24.3 Å². The lowest BCUT2D eigenvalue weighted by molar-refractivity contribution is -0.117. The molecule has 2 fully saturated rings. The highest BCUT2D eigenvalue weighted by atomic mass is 16.3. The molecule has 0 unspecified atom stereocenters. The molecule has 1 aliphatic heterocycles. The number of piperidine rings is 1. The second kappa shape index (κ2) is 6.58. The number of benzene rings is 1. The fraction of sp³-hybridized carbons (Fsp3) is 0.588. The Labute approximate surface area is 126 Å². The summed E-state index contributed by atoms with van der Waals surface area (Å²) in [5.74, 6) is 0.882. The predicted octanol–water partition coefficient (Wildman–Crippen LogP) is 2.24. The number of likely N-dealkylation sites (tertiary alicyclic amines) is 1. The molecule has 3 rings (SSSR count). The van der Waals surface area contributed by atoms with Crippen LogP contribution in [0.2, 0.25) is 0 Å². The summed E-state index contributed by atoms with van der Waals surface area (Å²) in [6, 6.07) is 8.17. The van der Waals surface area contributed by atoms with Crippen molar-refractivity contribution >= 4 is 11.6 Å². The molecule has 1 aromatic carbocycles. The fourth-order valence-corrected chi connectivity index (χ4v) is 2.92. The van der Waals surface area contributed by atoms with Crippen LogP contribution in [0.5, 0.6) is 0 Å². The van der Waals surface area contributed by atoms with Gasteiger partial charge < -0.3 is 10.4 Å².